The van der Waals surface area contributed by atoms with Crippen LogP contribution >= 0.6 is 0 Å². The molecule has 2 aromatic carbocycles. The number of benzene rings is 2. The Morgan fingerprint density at radius 1 is 0.905 bits per heavy atom. The Morgan fingerprint density at radius 2 is 1.81 bits per heavy atom. The summed E-state index contributed by atoms with van der Waals surface area (Å²) in [4.78, 5) is 4.37. The van der Waals surface area contributed by atoms with E-state index in [2.05, 4.69) is 23.2 Å². The van der Waals surface area contributed by atoms with E-state index < -0.39 is 0 Å². The van der Waals surface area contributed by atoms with Crippen LogP contribution in [-0.2, 0) is 0 Å². The van der Waals surface area contributed by atoms with Crippen molar-refractivity contribution in [1.29, 1.82) is 0 Å². The van der Waals surface area contributed by atoms with Crippen LogP contribution in [0.25, 0.3) is 23.1 Å². The van der Waals surface area contributed by atoms with Crippen LogP contribution < -0.4 is 9.47 Å². The van der Waals surface area contributed by atoms with E-state index in [4.69, 9.17) is 9.47 Å². The molecule has 1 aliphatic heterocycles. The zero-order chi connectivity index (χ0) is 14.1. The maximum Gasteiger partial charge on any atom is 0.231 e. The molecule has 0 unspecified atom stereocenters. The number of nitrogens with zero attached hydrogens (tertiary/aromatic N) is 1. The first-order chi connectivity index (χ1) is 10.4. The van der Waals surface area contributed by atoms with Gasteiger partial charge >= 0.3 is 0 Å². The van der Waals surface area contributed by atoms with E-state index in [1.165, 1.54) is 0 Å². The minimum absolute atomic E-state index is 0.303. The topological polar surface area (TPSA) is 31.4 Å². The van der Waals surface area contributed by atoms with Crippen molar-refractivity contribution in [3.63, 3.8) is 0 Å². The van der Waals surface area contributed by atoms with Crippen LogP contribution in [0.2, 0.25) is 0 Å². The first-order valence-corrected chi connectivity index (χ1v) is 6.82. The Morgan fingerprint density at radius 3 is 2.81 bits per heavy atom. The van der Waals surface area contributed by atoms with E-state index in [-0.39, 0.29) is 0 Å². The van der Waals surface area contributed by atoms with Gasteiger partial charge in [-0.05, 0) is 35.4 Å². The van der Waals surface area contributed by atoms with Gasteiger partial charge in [0.1, 0.15) is 0 Å². The second-order valence-corrected chi connectivity index (χ2v) is 4.86. The average molecular weight is 275 g/mol. The predicted molar refractivity (Wildman–Crippen MR) is 83.2 cm³/mol. The van der Waals surface area contributed by atoms with Gasteiger partial charge in [0, 0.05) is 11.6 Å². The lowest BCUT2D eigenvalue weighted by atomic mass is 10.1. The third-order valence-corrected chi connectivity index (χ3v) is 3.53. The third-order valence-electron chi connectivity index (χ3n) is 3.53. The molecule has 0 amide bonds. The summed E-state index contributed by atoms with van der Waals surface area (Å²) in [5.41, 5.74) is 3.24. The molecule has 1 aromatic heterocycles. The maximum atomic E-state index is 5.40. The smallest absolute Gasteiger partial charge is 0.231 e. The number of aromatic nitrogens is 1. The normalized spacial score (nSPS) is 13.1. The second kappa shape index (κ2) is 4.94. The Bertz CT molecular complexity index is 834. The summed E-state index contributed by atoms with van der Waals surface area (Å²) >= 11 is 0. The van der Waals surface area contributed by atoms with Crippen LogP contribution in [-0.4, -0.2) is 11.8 Å². The van der Waals surface area contributed by atoms with Crippen molar-refractivity contribution < 1.29 is 9.47 Å². The van der Waals surface area contributed by atoms with E-state index in [1.54, 1.807) is 0 Å². The number of hydrogen-bond acceptors (Lipinski definition) is 3. The molecular formula is C18H13NO2. The standard InChI is InChI=1S/C18H13NO2/c1-2-4-16-15(3-1)14(9-10-19-16)7-5-13-6-8-17-18(11-13)21-12-20-17/h1-11H,12H2. The number of para-hydroxylation sites is 1. The van der Waals surface area contributed by atoms with Gasteiger partial charge in [-0.25, -0.2) is 0 Å². The highest BCUT2D eigenvalue weighted by atomic mass is 16.7. The van der Waals surface area contributed by atoms with Crippen LogP contribution in [0.3, 0.4) is 0 Å². The van der Waals surface area contributed by atoms with Gasteiger partial charge in [-0.1, -0.05) is 36.4 Å². The van der Waals surface area contributed by atoms with Crippen LogP contribution in [0.1, 0.15) is 11.1 Å². The quantitative estimate of drug-likeness (QED) is 0.704. The van der Waals surface area contributed by atoms with Gasteiger partial charge in [-0.15, -0.1) is 0 Å². The molecule has 0 radical (unpaired) electrons. The first-order valence-electron chi connectivity index (χ1n) is 6.82. The minimum atomic E-state index is 0.303. The first kappa shape index (κ1) is 12.0. The lowest BCUT2D eigenvalue weighted by molar-refractivity contribution is 0.174. The van der Waals surface area contributed by atoms with E-state index >= 15 is 0 Å². The average Bonchev–Trinajstić information content (AvgIpc) is 3.00. The van der Waals surface area contributed by atoms with Crippen molar-refractivity contribution in [3.8, 4) is 11.5 Å². The maximum absolute atomic E-state index is 5.40. The fraction of sp³-hybridized carbons (Fsp3) is 0.0556. The molecule has 1 aliphatic rings. The lowest BCUT2D eigenvalue weighted by Crippen LogP contribution is -1.92. The van der Waals surface area contributed by atoms with Gasteiger partial charge in [-0.3, -0.25) is 4.98 Å². The molecule has 2 heterocycles. The molecule has 0 aliphatic carbocycles. The van der Waals surface area contributed by atoms with Crippen molar-refractivity contribution in [1.82, 2.24) is 4.98 Å². The highest BCUT2D eigenvalue weighted by Crippen LogP contribution is 2.33. The number of pyridine rings is 1. The summed E-state index contributed by atoms with van der Waals surface area (Å²) in [6.45, 7) is 0.303. The van der Waals surface area contributed by atoms with Crippen molar-refractivity contribution >= 4 is 23.1 Å². The summed E-state index contributed by atoms with van der Waals surface area (Å²) in [6, 6.07) is 16.1. The Hall–Kier alpha value is -2.81. The largest absolute Gasteiger partial charge is 0.454 e. The molecule has 0 saturated heterocycles. The molecule has 21 heavy (non-hydrogen) atoms. The van der Waals surface area contributed by atoms with Crippen molar-refractivity contribution in [2.24, 2.45) is 0 Å². The number of hydrogen-bond donors (Lipinski definition) is 0. The third kappa shape index (κ3) is 2.23. The predicted octanol–water partition coefficient (Wildman–Crippen LogP) is 4.13. The molecule has 0 spiro atoms. The van der Waals surface area contributed by atoms with Gasteiger partial charge in [-0.2, -0.15) is 0 Å². The highest BCUT2D eigenvalue weighted by molar-refractivity contribution is 5.90. The van der Waals surface area contributed by atoms with E-state index in [1.807, 2.05) is 48.7 Å². The fourth-order valence-electron chi connectivity index (χ4n) is 2.47. The van der Waals surface area contributed by atoms with E-state index in [0.29, 0.717) is 6.79 Å². The zero-order valence-electron chi connectivity index (χ0n) is 11.3. The Labute approximate surface area is 122 Å². The summed E-state index contributed by atoms with van der Waals surface area (Å²) in [5, 5.41) is 1.15. The molecule has 102 valence electrons. The van der Waals surface area contributed by atoms with Gasteiger partial charge in [0.25, 0.3) is 0 Å². The van der Waals surface area contributed by atoms with Crippen molar-refractivity contribution in [3.05, 3.63) is 65.9 Å². The van der Waals surface area contributed by atoms with Crippen LogP contribution in [0.15, 0.2) is 54.7 Å². The summed E-state index contributed by atoms with van der Waals surface area (Å²) in [5.74, 6) is 1.61. The second-order valence-electron chi connectivity index (χ2n) is 4.86. The van der Waals surface area contributed by atoms with Crippen LogP contribution in [0.5, 0.6) is 11.5 Å². The van der Waals surface area contributed by atoms with Crippen molar-refractivity contribution in [2.45, 2.75) is 0 Å². The van der Waals surface area contributed by atoms with Gasteiger partial charge in [0.05, 0.1) is 5.52 Å². The SMILES string of the molecule is C(=Cc1ccnc2ccccc12)c1ccc2c(c1)OCO2. The number of ether oxygens (including phenoxy) is 2. The molecule has 0 fully saturated rings. The van der Waals surface area contributed by atoms with E-state index in [0.717, 1.165) is 33.5 Å². The summed E-state index contributed by atoms with van der Waals surface area (Å²) < 4.78 is 10.7. The van der Waals surface area contributed by atoms with E-state index in [9.17, 15) is 0 Å². The molecular weight excluding hydrogens is 262 g/mol. The summed E-state index contributed by atoms with van der Waals surface area (Å²) in [7, 11) is 0. The molecule has 3 nitrogen and oxygen atoms in total. The fourth-order valence-corrected chi connectivity index (χ4v) is 2.47. The molecule has 0 N–H and O–H groups in total. The molecule has 0 atom stereocenters. The van der Waals surface area contributed by atoms with Gasteiger partial charge in [0.2, 0.25) is 6.79 Å². The molecule has 3 aromatic rings. The number of rotatable bonds is 2. The Kier molecular flexibility index (Phi) is 2.82. The highest BCUT2D eigenvalue weighted by Gasteiger charge is 2.12. The molecule has 0 saturated carbocycles. The molecule has 0 bridgehead atoms. The Balaban J connectivity index is 1.71. The van der Waals surface area contributed by atoms with Gasteiger partial charge < -0.3 is 9.47 Å². The molecule has 4 rings (SSSR count). The van der Waals surface area contributed by atoms with Gasteiger partial charge in [0.15, 0.2) is 11.5 Å². The molecule has 3 heteroatoms. The lowest BCUT2D eigenvalue weighted by Gasteiger charge is -2.01. The monoisotopic (exact) mass is 275 g/mol. The number of fused-ring (bicyclic) bond motifs is 2. The summed E-state index contributed by atoms with van der Waals surface area (Å²) in [6.07, 6.45) is 6.01. The van der Waals surface area contributed by atoms with Crippen LogP contribution in [0, 0.1) is 0 Å². The zero-order valence-corrected chi connectivity index (χ0v) is 11.3. The van der Waals surface area contributed by atoms with Crippen molar-refractivity contribution in [2.75, 3.05) is 6.79 Å². The van der Waals surface area contributed by atoms with Crippen LogP contribution in [0.4, 0.5) is 0 Å². The minimum Gasteiger partial charge on any atom is -0.454 e.